The lowest BCUT2D eigenvalue weighted by atomic mass is 9.93. The molecule has 0 spiro atoms. The molecule has 136 valence electrons. The first-order valence-electron chi connectivity index (χ1n) is 8.10. The van der Waals surface area contributed by atoms with Crippen LogP contribution in [0.3, 0.4) is 0 Å². The van der Waals surface area contributed by atoms with E-state index in [0.717, 1.165) is 25.3 Å². The van der Waals surface area contributed by atoms with E-state index in [2.05, 4.69) is 10.2 Å². The van der Waals surface area contributed by atoms with Crippen molar-refractivity contribution in [2.75, 3.05) is 24.5 Å². The van der Waals surface area contributed by atoms with Crippen molar-refractivity contribution in [2.45, 2.75) is 25.4 Å². The average molecular weight is 356 g/mol. The maximum atomic E-state index is 13.4. The van der Waals surface area contributed by atoms with E-state index in [-0.39, 0.29) is 17.5 Å². The highest BCUT2D eigenvalue weighted by Gasteiger charge is 2.36. The SMILES string of the molecule is NCCC1CCCN(c2cc(-c3n[nH]c(=O)o3)ccc2C(F)(F)F)C1. The van der Waals surface area contributed by atoms with Gasteiger partial charge in [0.15, 0.2) is 0 Å². The van der Waals surface area contributed by atoms with Gasteiger partial charge in [-0.1, -0.05) is 0 Å². The van der Waals surface area contributed by atoms with Gasteiger partial charge in [-0.3, -0.25) is 0 Å². The first kappa shape index (κ1) is 17.5. The molecule has 6 nitrogen and oxygen atoms in total. The van der Waals surface area contributed by atoms with Gasteiger partial charge in [0.25, 0.3) is 0 Å². The number of aromatic nitrogens is 2. The summed E-state index contributed by atoms with van der Waals surface area (Å²) in [4.78, 5) is 12.8. The summed E-state index contributed by atoms with van der Waals surface area (Å²) in [5, 5.41) is 5.80. The molecule has 1 unspecified atom stereocenters. The normalized spacial score (nSPS) is 18.6. The van der Waals surface area contributed by atoms with E-state index in [1.165, 1.54) is 12.1 Å². The number of halogens is 3. The second-order valence-corrected chi connectivity index (χ2v) is 6.18. The number of anilines is 1. The van der Waals surface area contributed by atoms with Crippen LogP contribution < -0.4 is 16.4 Å². The summed E-state index contributed by atoms with van der Waals surface area (Å²) in [6.07, 6.45) is -1.92. The zero-order valence-corrected chi connectivity index (χ0v) is 13.5. The third-order valence-corrected chi connectivity index (χ3v) is 4.42. The predicted octanol–water partition coefficient (Wildman–Crippen LogP) is 2.61. The number of nitrogens with zero attached hydrogens (tertiary/aromatic N) is 2. The minimum Gasteiger partial charge on any atom is -0.388 e. The van der Waals surface area contributed by atoms with Gasteiger partial charge in [0, 0.05) is 24.3 Å². The number of nitrogens with one attached hydrogen (secondary N) is 1. The maximum Gasteiger partial charge on any atom is 0.434 e. The van der Waals surface area contributed by atoms with Crippen molar-refractivity contribution >= 4 is 5.69 Å². The van der Waals surface area contributed by atoms with E-state index < -0.39 is 17.5 Å². The Kier molecular flexibility index (Phi) is 4.85. The molecule has 0 radical (unpaired) electrons. The quantitative estimate of drug-likeness (QED) is 0.879. The number of H-pyrrole nitrogens is 1. The van der Waals surface area contributed by atoms with Crippen LogP contribution in [0.1, 0.15) is 24.8 Å². The van der Waals surface area contributed by atoms with Crippen molar-refractivity contribution in [3.05, 3.63) is 34.3 Å². The van der Waals surface area contributed by atoms with E-state index >= 15 is 0 Å². The number of piperidine rings is 1. The van der Waals surface area contributed by atoms with Crippen molar-refractivity contribution in [2.24, 2.45) is 11.7 Å². The van der Waals surface area contributed by atoms with Crippen LogP contribution in [0.2, 0.25) is 0 Å². The summed E-state index contributed by atoms with van der Waals surface area (Å²) >= 11 is 0. The maximum absolute atomic E-state index is 13.4. The molecule has 0 saturated carbocycles. The number of hydrogen-bond donors (Lipinski definition) is 2. The molecule has 1 aliphatic heterocycles. The Labute approximate surface area is 141 Å². The summed E-state index contributed by atoms with van der Waals surface area (Å²) in [6, 6.07) is 3.64. The molecule has 0 amide bonds. The van der Waals surface area contributed by atoms with Crippen LogP contribution in [-0.4, -0.2) is 29.8 Å². The molecule has 3 rings (SSSR count). The molecule has 1 saturated heterocycles. The van der Waals surface area contributed by atoms with Crippen molar-refractivity contribution in [3.8, 4) is 11.5 Å². The smallest absolute Gasteiger partial charge is 0.388 e. The van der Waals surface area contributed by atoms with Gasteiger partial charge < -0.3 is 15.1 Å². The van der Waals surface area contributed by atoms with E-state index in [4.69, 9.17) is 10.2 Å². The third kappa shape index (κ3) is 3.87. The van der Waals surface area contributed by atoms with Gasteiger partial charge in [0.05, 0.1) is 5.56 Å². The molecule has 1 atom stereocenters. The minimum atomic E-state index is -4.47. The third-order valence-electron chi connectivity index (χ3n) is 4.42. The molecule has 1 aliphatic rings. The Hall–Kier alpha value is -2.29. The number of hydrogen-bond acceptors (Lipinski definition) is 5. The van der Waals surface area contributed by atoms with Gasteiger partial charge in [-0.05, 0) is 49.9 Å². The Morgan fingerprint density at radius 1 is 1.40 bits per heavy atom. The Bertz CT molecular complexity index is 782. The Morgan fingerprint density at radius 2 is 2.20 bits per heavy atom. The molecule has 1 fully saturated rings. The van der Waals surface area contributed by atoms with Crippen molar-refractivity contribution < 1.29 is 17.6 Å². The number of alkyl halides is 3. The first-order chi connectivity index (χ1) is 11.9. The molecule has 9 heteroatoms. The first-order valence-corrected chi connectivity index (χ1v) is 8.10. The van der Waals surface area contributed by atoms with Gasteiger partial charge >= 0.3 is 11.9 Å². The monoisotopic (exact) mass is 356 g/mol. The fourth-order valence-electron chi connectivity index (χ4n) is 3.27. The van der Waals surface area contributed by atoms with E-state index in [9.17, 15) is 18.0 Å². The predicted molar refractivity (Wildman–Crippen MR) is 86.2 cm³/mol. The van der Waals surface area contributed by atoms with Gasteiger partial charge in [0.2, 0.25) is 5.89 Å². The zero-order valence-electron chi connectivity index (χ0n) is 13.5. The molecule has 0 bridgehead atoms. The molecular weight excluding hydrogens is 337 g/mol. The molecule has 1 aromatic heterocycles. The lowest BCUT2D eigenvalue weighted by molar-refractivity contribution is -0.137. The van der Waals surface area contributed by atoms with Crippen molar-refractivity contribution in [1.82, 2.24) is 10.2 Å². The summed E-state index contributed by atoms with van der Waals surface area (Å²) in [6.45, 7) is 1.58. The van der Waals surface area contributed by atoms with E-state index in [0.29, 0.717) is 25.2 Å². The average Bonchev–Trinajstić information content (AvgIpc) is 3.01. The fraction of sp³-hybridized carbons (Fsp3) is 0.500. The number of benzene rings is 1. The highest BCUT2D eigenvalue weighted by Crippen LogP contribution is 2.40. The minimum absolute atomic E-state index is 0.0320. The van der Waals surface area contributed by atoms with Crippen LogP contribution in [0.4, 0.5) is 18.9 Å². The largest absolute Gasteiger partial charge is 0.434 e. The van der Waals surface area contributed by atoms with Crippen LogP contribution in [0.25, 0.3) is 11.5 Å². The van der Waals surface area contributed by atoms with Crippen LogP contribution in [0, 0.1) is 5.92 Å². The summed E-state index contributed by atoms with van der Waals surface area (Å²) in [7, 11) is 0. The van der Waals surface area contributed by atoms with Gasteiger partial charge in [-0.2, -0.15) is 13.2 Å². The van der Waals surface area contributed by atoms with Gasteiger partial charge in [0.1, 0.15) is 0 Å². The van der Waals surface area contributed by atoms with E-state index in [1.54, 1.807) is 4.90 Å². The standard InChI is InChI=1S/C16H19F3N4O2/c17-16(18,19)12-4-3-11(14-21-22-15(24)25-14)8-13(12)23-7-1-2-10(9-23)5-6-20/h3-4,8,10H,1-2,5-7,9,20H2,(H,22,24). The number of aromatic amines is 1. The molecule has 0 aliphatic carbocycles. The van der Waals surface area contributed by atoms with Crippen LogP contribution in [0.15, 0.2) is 27.4 Å². The zero-order chi connectivity index (χ0) is 18.0. The second kappa shape index (κ2) is 6.91. The van der Waals surface area contributed by atoms with Gasteiger partial charge in [-0.15, -0.1) is 5.10 Å². The lowest BCUT2D eigenvalue weighted by Crippen LogP contribution is -2.37. The van der Waals surface area contributed by atoms with Crippen LogP contribution in [-0.2, 0) is 6.18 Å². The topological polar surface area (TPSA) is 88.1 Å². The summed E-state index contributed by atoms with van der Waals surface area (Å²) in [5.74, 6) is -0.514. The van der Waals surface area contributed by atoms with Crippen molar-refractivity contribution in [3.63, 3.8) is 0 Å². The second-order valence-electron chi connectivity index (χ2n) is 6.18. The van der Waals surface area contributed by atoms with Crippen LogP contribution in [0.5, 0.6) is 0 Å². The van der Waals surface area contributed by atoms with Crippen molar-refractivity contribution in [1.29, 1.82) is 0 Å². The molecular formula is C16H19F3N4O2. The molecule has 2 heterocycles. The van der Waals surface area contributed by atoms with Crippen LogP contribution >= 0.6 is 0 Å². The fourth-order valence-corrected chi connectivity index (χ4v) is 3.27. The number of nitrogens with two attached hydrogens (primary N) is 1. The molecule has 3 N–H and O–H groups in total. The number of rotatable bonds is 4. The Morgan fingerprint density at radius 3 is 2.84 bits per heavy atom. The van der Waals surface area contributed by atoms with E-state index in [1.807, 2.05) is 0 Å². The molecule has 2 aromatic rings. The molecule has 25 heavy (non-hydrogen) atoms. The summed E-state index contributed by atoms with van der Waals surface area (Å²) in [5.41, 5.74) is 5.29. The highest BCUT2D eigenvalue weighted by molar-refractivity contribution is 5.66. The Balaban J connectivity index is 2.00. The summed E-state index contributed by atoms with van der Waals surface area (Å²) < 4.78 is 45.2. The van der Waals surface area contributed by atoms with Gasteiger partial charge in [-0.25, -0.2) is 9.89 Å². The molecule has 1 aromatic carbocycles. The highest BCUT2D eigenvalue weighted by atomic mass is 19.4. The lowest BCUT2D eigenvalue weighted by Gasteiger charge is -2.36.